The molecule has 0 aromatic heterocycles. The Bertz CT molecular complexity index is 267. The molecule has 2 aliphatic rings. The summed E-state index contributed by atoms with van der Waals surface area (Å²) in [5.41, 5.74) is 0. The molecule has 0 amide bonds. The van der Waals surface area contributed by atoms with Gasteiger partial charge in [0.15, 0.2) is 0 Å². The minimum atomic E-state index is -0.610. The molecule has 0 spiro atoms. The number of carboxylic acid groups (broad SMARTS) is 1. The van der Waals surface area contributed by atoms with E-state index in [-0.39, 0.29) is 5.92 Å². The van der Waals surface area contributed by atoms with Gasteiger partial charge in [0.25, 0.3) is 0 Å². The molecule has 3 nitrogen and oxygen atoms in total. The summed E-state index contributed by atoms with van der Waals surface area (Å²) in [5.74, 6) is 0.370. The molecule has 16 heavy (non-hydrogen) atoms. The van der Waals surface area contributed by atoms with Gasteiger partial charge in [0.1, 0.15) is 0 Å². The number of nitrogens with zero attached hydrogens (tertiary/aromatic N) is 1. The van der Waals surface area contributed by atoms with E-state index in [2.05, 4.69) is 18.7 Å². The van der Waals surface area contributed by atoms with Crippen LogP contribution in [-0.2, 0) is 4.79 Å². The van der Waals surface area contributed by atoms with Crippen molar-refractivity contribution >= 4 is 5.97 Å². The maximum Gasteiger partial charge on any atom is 0.308 e. The molecule has 3 heteroatoms. The number of carbonyl (C=O) groups is 1. The summed E-state index contributed by atoms with van der Waals surface area (Å²) in [6.07, 6.45) is 5.18. The second-order valence-corrected chi connectivity index (χ2v) is 5.54. The van der Waals surface area contributed by atoms with E-state index in [9.17, 15) is 4.79 Å². The van der Waals surface area contributed by atoms with Crippen LogP contribution in [0.3, 0.4) is 0 Å². The van der Waals surface area contributed by atoms with Crippen LogP contribution in [0.1, 0.15) is 39.5 Å². The number of carboxylic acids is 1. The molecule has 1 saturated heterocycles. The maximum absolute atomic E-state index is 11.1. The third-order valence-electron chi connectivity index (χ3n) is 4.57. The SMILES string of the molecule is CCC1CCCC1N1C[C@@H](C)[C@H](C(=O)O)C1. The van der Waals surface area contributed by atoms with Crippen molar-refractivity contribution in [3.63, 3.8) is 0 Å². The maximum atomic E-state index is 11.1. The smallest absolute Gasteiger partial charge is 0.308 e. The first-order valence-corrected chi connectivity index (χ1v) is 6.60. The molecule has 0 radical (unpaired) electrons. The molecule has 2 unspecified atom stereocenters. The van der Waals surface area contributed by atoms with Gasteiger partial charge >= 0.3 is 5.97 Å². The lowest BCUT2D eigenvalue weighted by atomic mass is 9.99. The van der Waals surface area contributed by atoms with E-state index in [0.29, 0.717) is 12.0 Å². The molecule has 1 N–H and O–H groups in total. The number of hydrogen-bond acceptors (Lipinski definition) is 2. The second-order valence-electron chi connectivity index (χ2n) is 5.54. The van der Waals surface area contributed by atoms with Crippen LogP contribution < -0.4 is 0 Å². The van der Waals surface area contributed by atoms with Gasteiger partial charge in [-0.05, 0) is 24.7 Å². The van der Waals surface area contributed by atoms with Crippen molar-refractivity contribution in [2.24, 2.45) is 17.8 Å². The van der Waals surface area contributed by atoms with Gasteiger partial charge < -0.3 is 5.11 Å². The minimum Gasteiger partial charge on any atom is -0.481 e. The third-order valence-corrected chi connectivity index (χ3v) is 4.57. The minimum absolute atomic E-state index is 0.141. The number of aliphatic carboxylic acids is 1. The average molecular weight is 225 g/mol. The van der Waals surface area contributed by atoms with E-state index in [1.807, 2.05) is 0 Å². The highest BCUT2D eigenvalue weighted by atomic mass is 16.4. The molecule has 2 fully saturated rings. The number of hydrogen-bond donors (Lipinski definition) is 1. The number of rotatable bonds is 3. The van der Waals surface area contributed by atoms with Crippen molar-refractivity contribution in [1.82, 2.24) is 4.90 Å². The van der Waals surface area contributed by atoms with Crippen LogP contribution in [0.4, 0.5) is 0 Å². The number of likely N-dealkylation sites (tertiary alicyclic amines) is 1. The van der Waals surface area contributed by atoms with E-state index in [1.165, 1.54) is 25.7 Å². The van der Waals surface area contributed by atoms with Gasteiger partial charge in [-0.25, -0.2) is 0 Å². The summed E-state index contributed by atoms with van der Waals surface area (Å²) < 4.78 is 0. The summed E-state index contributed by atoms with van der Waals surface area (Å²) in [5, 5.41) is 9.14. The fraction of sp³-hybridized carbons (Fsp3) is 0.923. The van der Waals surface area contributed by atoms with Crippen LogP contribution in [0.2, 0.25) is 0 Å². The normalized spacial score (nSPS) is 40.4. The van der Waals surface area contributed by atoms with Crippen molar-refractivity contribution in [1.29, 1.82) is 0 Å². The Labute approximate surface area is 97.8 Å². The monoisotopic (exact) mass is 225 g/mol. The van der Waals surface area contributed by atoms with Crippen molar-refractivity contribution in [3.05, 3.63) is 0 Å². The van der Waals surface area contributed by atoms with Crippen molar-refractivity contribution in [2.45, 2.75) is 45.6 Å². The Hall–Kier alpha value is -0.570. The molecule has 1 heterocycles. The van der Waals surface area contributed by atoms with Crippen LogP contribution >= 0.6 is 0 Å². The van der Waals surface area contributed by atoms with Gasteiger partial charge in [-0.1, -0.05) is 26.7 Å². The van der Waals surface area contributed by atoms with Gasteiger partial charge in [-0.3, -0.25) is 9.69 Å². The van der Waals surface area contributed by atoms with E-state index in [4.69, 9.17) is 5.11 Å². The summed E-state index contributed by atoms with van der Waals surface area (Å²) in [6.45, 7) is 6.10. The van der Waals surface area contributed by atoms with Gasteiger partial charge in [-0.15, -0.1) is 0 Å². The molecule has 4 atom stereocenters. The van der Waals surface area contributed by atoms with E-state index in [1.54, 1.807) is 0 Å². The molecule has 0 aromatic carbocycles. The second kappa shape index (κ2) is 4.74. The van der Waals surface area contributed by atoms with E-state index >= 15 is 0 Å². The highest BCUT2D eigenvalue weighted by Gasteiger charge is 2.40. The predicted octanol–water partition coefficient (Wildman–Crippen LogP) is 2.22. The molecule has 1 aliphatic heterocycles. The van der Waals surface area contributed by atoms with Crippen LogP contribution in [0.25, 0.3) is 0 Å². The molecule has 1 aliphatic carbocycles. The van der Waals surface area contributed by atoms with Gasteiger partial charge in [-0.2, -0.15) is 0 Å². The fourth-order valence-corrected chi connectivity index (χ4v) is 3.57. The lowest BCUT2D eigenvalue weighted by Gasteiger charge is -2.28. The van der Waals surface area contributed by atoms with E-state index < -0.39 is 5.97 Å². The zero-order valence-electron chi connectivity index (χ0n) is 10.4. The average Bonchev–Trinajstić information content (AvgIpc) is 2.82. The highest BCUT2D eigenvalue weighted by Crippen LogP contribution is 2.36. The first kappa shape index (κ1) is 11.9. The Morgan fingerprint density at radius 3 is 2.69 bits per heavy atom. The fourth-order valence-electron chi connectivity index (χ4n) is 3.57. The summed E-state index contributed by atoms with van der Waals surface area (Å²) in [7, 11) is 0. The Morgan fingerprint density at radius 1 is 1.38 bits per heavy atom. The van der Waals surface area contributed by atoms with Crippen LogP contribution in [0, 0.1) is 17.8 Å². The quantitative estimate of drug-likeness (QED) is 0.800. The van der Waals surface area contributed by atoms with Crippen LogP contribution in [0.15, 0.2) is 0 Å². The first-order chi connectivity index (χ1) is 7.63. The first-order valence-electron chi connectivity index (χ1n) is 6.60. The predicted molar refractivity (Wildman–Crippen MR) is 63.3 cm³/mol. The lowest BCUT2D eigenvalue weighted by molar-refractivity contribution is -0.142. The van der Waals surface area contributed by atoms with Crippen LogP contribution in [0.5, 0.6) is 0 Å². The zero-order chi connectivity index (χ0) is 11.7. The van der Waals surface area contributed by atoms with Gasteiger partial charge in [0.05, 0.1) is 5.92 Å². The van der Waals surface area contributed by atoms with Crippen LogP contribution in [-0.4, -0.2) is 35.1 Å². The molecule has 2 rings (SSSR count). The van der Waals surface area contributed by atoms with Crippen molar-refractivity contribution in [3.8, 4) is 0 Å². The van der Waals surface area contributed by atoms with Crippen molar-refractivity contribution < 1.29 is 9.90 Å². The summed E-state index contributed by atoms with van der Waals surface area (Å²) in [6, 6.07) is 0.664. The van der Waals surface area contributed by atoms with E-state index in [0.717, 1.165) is 19.0 Å². The molecule has 0 aromatic rings. The largest absolute Gasteiger partial charge is 0.481 e. The Morgan fingerprint density at radius 2 is 2.12 bits per heavy atom. The Balaban J connectivity index is 1.99. The van der Waals surface area contributed by atoms with Gasteiger partial charge in [0.2, 0.25) is 0 Å². The molecular formula is C13H23NO2. The summed E-state index contributed by atoms with van der Waals surface area (Å²) in [4.78, 5) is 13.5. The van der Waals surface area contributed by atoms with Crippen molar-refractivity contribution in [2.75, 3.05) is 13.1 Å². The third kappa shape index (κ3) is 2.10. The summed E-state index contributed by atoms with van der Waals surface area (Å²) >= 11 is 0. The standard InChI is InChI=1S/C13H23NO2/c1-3-10-5-4-6-12(10)14-7-9(2)11(8-14)13(15)16/h9-12H,3-8H2,1-2H3,(H,15,16)/t9-,10?,11-,12?/m1/s1. The Kier molecular flexibility index (Phi) is 3.53. The lowest BCUT2D eigenvalue weighted by Crippen LogP contribution is -2.36. The zero-order valence-corrected chi connectivity index (χ0v) is 10.4. The topological polar surface area (TPSA) is 40.5 Å². The molecule has 0 bridgehead atoms. The molecule has 1 saturated carbocycles. The molecule has 92 valence electrons. The molecular weight excluding hydrogens is 202 g/mol. The van der Waals surface area contributed by atoms with Gasteiger partial charge in [0, 0.05) is 19.1 Å². The highest BCUT2D eigenvalue weighted by molar-refractivity contribution is 5.71.